The van der Waals surface area contributed by atoms with Gasteiger partial charge >= 0.3 is 0 Å². The predicted molar refractivity (Wildman–Crippen MR) is 61.3 cm³/mol. The molecule has 1 saturated carbocycles. The molecule has 2 N–H and O–H groups in total. The van der Waals surface area contributed by atoms with Crippen LogP contribution in [0.25, 0.3) is 0 Å². The van der Waals surface area contributed by atoms with Crippen molar-refractivity contribution in [3.05, 3.63) is 11.1 Å². The normalized spacial score (nSPS) is 16.9. The Morgan fingerprint density at radius 1 is 1.36 bits per heavy atom. The van der Waals surface area contributed by atoms with Gasteiger partial charge in [0.15, 0.2) is 0 Å². The summed E-state index contributed by atoms with van der Waals surface area (Å²) in [6, 6.07) is 0.549. The fraction of sp³-hybridized carbons (Fsp3) is 0.700. The Morgan fingerprint density at radius 2 is 2.00 bits per heavy atom. The molecule has 0 aromatic carbocycles. The molecule has 0 radical (unpaired) electrons. The third-order valence-electron chi connectivity index (χ3n) is 2.38. The second-order valence-corrected chi connectivity index (χ2v) is 4.78. The van der Waals surface area contributed by atoms with E-state index in [2.05, 4.69) is 33.1 Å². The van der Waals surface area contributed by atoms with Gasteiger partial charge in [-0.1, -0.05) is 35.4 Å². The van der Waals surface area contributed by atoms with Gasteiger partial charge < -0.3 is 10.6 Å². The van der Waals surface area contributed by atoms with E-state index in [9.17, 15) is 4.79 Å². The monoisotopic (exact) mass is 260 g/mol. The van der Waals surface area contributed by atoms with E-state index in [1.165, 1.54) is 25.7 Å². The second kappa shape index (κ2) is 6.19. The van der Waals surface area contributed by atoms with Gasteiger partial charge in [0, 0.05) is 17.1 Å². The van der Waals surface area contributed by atoms with Gasteiger partial charge in [-0.15, -0.1) is 0 Å². The first-order valence-corrected chi connectivity index (χ1v) is 5.81. The average Bonchev–Trinajstić information content (AvgIpc) is 2.63. The summed E-state index contributed by atoms with van der Waals surface area (Å²) >= 11 is 3.19. The minimum absolute atomic E-state index is 0.0394. The molecule has 0 heterocycles. The van der Waals surface area contributed by atoms with Crippen molar-refractivity contribution in [1.29, 1.82) is 0 Å². The molecule has 1 aliphatic rings. The Bertz CT molecular complexity index is 212. The van der Waals surface area contributed by atoms with Gasteiger partial charge in [0.05, 0.1) is 6.54 Å². The van der Waals surface area contributed by atoms with Crippen LogP contribution >= 0.6 is 15.9 Å². The summed E-state index contributed by atoms with van der Waals surface area (Å²) < 4.78 is 0.798. The molecule has 14 heavy (non-hydrogen) atoms. The maximum atomic E-state index is 11.3. The standard InChI is InChI=1S/C10H17BrN2O/c1-8(11)6-13-10(14)7-12-9-4-2-3-5-9/h9,12H,1-7H2,(H,13,14). The molecule has 1 fully saturated rings. The maximum absolute atomic E-state index is 11.3. The van der Waals surface area contributed by atoms with Crippen LogP contribution < -0.4 is 10.6 Å². The topological polar surface area (TPSA) is 41.1 Å². The summed E-state index contributed by atoms with van der Waals surface area (Å²) in [4.78, 5) is 11.3. The Kier molecular flexibility index (Phi) is 5.19. The van der Waals surface area contributed by atoms with E-state index >= 15 is 0 Å². The summed E-state index contributed by atoms with van der Waals surface area (Å²) in [6.45, 7) is 4.57. The van der Waals surface area contributed by atoms with Crippen LogP contribution in [0, 0.1) is 0 Å². The van der Waals surface area contributed by atoms with Gasteiger partial charge in [-0.05, 0) is 12.8 Å². The smallest absolute Gasteiger partial charge is 0.234 e. The van der Waals surface area contributed by atoms with Crippen molar-refractivity contribution < 1.29 is 4.79 Å². The van der Waals surface area contributed by atoms with Crippen LogP contribution in [0.2, 0.25) is 0 Å². The lowest BCUT2D eigenvalue weighted by Gasteiger charge is -2.11. The molecule has 0 atom stereocenters. The first kappa shape index (κ1) is 11.7. The zero-order valence-electron chi connectivity index (χ0n) is 8.31. The summed E-state index contributed by atoms with van der Waals surface area (Å²) in [5.74, 6) is 0.0394. The molecule has 80 valence electrons. The van der Waals surface area contributed by atoms with E-state index in [1.54, 1.807) is 0 Å². The average molecular weight is 261 g/mol. The summed E-state index contributed by atoms with van der Waals surface area (Å²) in [6.07, 6.45) is 4.99. The molecule has 0 aromatic rings. The zero-order chi connectivity index (χ0) is 10.4. The first-order chi connectivity index (χ1) is 6.68. The van der Waals surface area contributed by atoms with E-state index < -0.39 is 0 Å². The second-order valence-electron chi connectivity index (χ2n) is 3.66. The third kappa shape index (κ3) is 4.77. The molecule has 3 nitrogen and oxygen atoms in total. The van der Waals surface area contributed by atoms with Crippen LogP contribution in [-0.2, 0) is 4.79 Å². The van der Waals surface area contributed by atoms with E-state index in [0.717, 1.165) is 4.48 Å². The fourth-order valence-corrected chi connectivity index (χ4v) is 1.76. The Hall–Kier alpha value is -0.350. The van der Waals surface area contributed by atoms with Gasteiger partial charge in [-0.25, -0.2) is 0 Å². The van der Waals surface area contributed by atoms with Crippen LogP contribution in [-0.4, -0.2) is 25.0 Å². The van der Waals surface area contributed by atoms with Crippen molar-refractivity contribution in [2.75, 3.05) is 13.1 Å². The minimum atomic E-state index is 0.0394. The summed E-state index contributed by atoms with van der Waals surface area (Å²) in [5, 5.41) is 6.01. The highest BCUT2D eigenvalue weighted by molar-refractivity contribution is 9.11. The number of hydrogen-bond donors (Lipinski definition) is 2. The number of hydrogen-bond acceptors (Lipinski definition) is 2. The summed E-state index contributed by atoms with van der Waals surface area (Å²) in [5.41, 5.74) is 0. The lowest BCUT2D eigenvalue weighted by Crippen LogP contribution is -2.38. The predicted octanol–water partition coefficient (Wildman–Crippen LogP) is 1.54. The molecule has 0 unspecified atom stereocenters. The molecule has 0 bridgehead atoms. The molecular formula is C10H17BrN2O. The number of nitrogens with one attached hydrogen (secondary N) is 2. The van der Waals surface area contributed by atoms with Crippen LogP contribution in [0.5, 0.6) is 0 Å². The van der Waals surface area contributed by atoms with Crippen molar-refractivity contribution in [3.63, 3.8) is 0 Å². The Labute approximate surface area is 93.5 Å². The number of carbonyl (C=O) groups excluding carboxylic acids is 1. The lowest BCUT2D eigenvalue weighted by molar-refractivity contribution is -0.120. The Morgan fingerprint density at radius 3 is 2.57 bits per heavy atom. The van der Waals surface area contributed by atoms with Crippen LogP contribution in [0.15, 0.2) is 11.1 Å². The van der Waals surface area contributed by atoms with Gasteiger partial charge in [0.25, 0.3) is 0 Å². The molecule has 1 amide bonds. The van der Waals surface area contributed by atoms with Crippen molar-refractivity contribution in [2.45, 2.75) is 31.7 Å². The highest BCUT2D eigenvalue weighted by Crippen LogP contribution is 2.17. The highest BCUT2D eigenvalue weighted by atomic mass is 79.9. The van der Waals surface area contributed by atoms with Crippen molar-refractivity contribution in [3.8, 4) is 0 Å². The van der Waals surface area contributed by atoms with Crippen molar-refractivity contribution >= 4 is 21.8 Å². The number of halogens is 1. The van der Waals surface area contributed by atoms with Crippen LogP contribution in [0.1, 0.15) is 25.7 Å². The zero-order valence-corrected chi connectivity index (χ0v) is 9.90. The molecule has 0 aromatic heterocycles. The number of rotatable bonds is 5. The summed E-state index contributed by atoms with van der Waals surface area (Å²) in [7, 11) is 0. The van der Waals surface area contributed by atoms with Gasteiger partial charge in [-0.2, -0.15) is 0 Å². The van der Waals surface area contributed by atoms with Gasteiger partial charge in [0.1, 0.15) is 0 Å². The van der Waals surface area contributed by atoms with E-state index in [0.29, 0.717) is 19.1 Å². The minimum Gasteiger partial charge on any atom is -0.350 e. The highest BCUT2D eigenvalue weighted by Gasteiger charge is 2.14. The van der Waals surface area contributed by atoms with E-state index in [1.807, 2.05) is 0 Å². The maximum Gasteiger partial charge on any atom is 0.234 e. The Balaban J connectivity index is 2.05. The molecule has 4 heteroatoms. The van der Waals surface area contributed by atoms with E-state index in [4.69, 9.17) is 0 Å². The van der Waals surface area contributed by atoms with Crippen molar-refractivity contribution in [1.82, 2.24) is 10.6 Å². The molecule has 1 aliphatic carbocycles. The fourth-order valence-electron chi connectivity index (χ4n) is 1.62. The number of amides is 1. The van der Waals surface area contributed by atoms with Gasteiger partial charge in [0.2, 0.25) is 5.91 Å². The quantitative estimate of drug-likeness (QED) is 0.788. The molecule has 0 spiro atoms. The molecule has 1 rings (SSSR count). The largest absolute Gasteiger partial charge is 0.350 e. The molecule has 0 aliphatic heterocycles. The first-order valence-electron chi connectivity index (χ1n) is 5.02. The van der Waals surface area contributed by atoms with Crippen LogP contribution in [0.3, 0.4) is 0 Å². The number of carbonyl (C=O) groups is 1. The van der Waals surface area contributed by atoms with Gasteiger partial charge in [-0.3, -0.25) is 4.79 Å². The third-order valence-corrected chi connectivity index (χ3v) is 2.66. The SMILES string of the molecule is C=C(Br)CNC(=O)CNC1CCCC1. The van der Waals surface area contributed by atoms with E-state index in [-0.39, 0.29) is 5.91 Å². The molecule has 0 saturated heterocycles. The van der Waals surface area contributed by atoms with Crippen molar-refractivity contribution in [2.24, 2.45) is 0 Å². The lowest BCUT2D eigenvalue weighted by atomic mass is 10.2. The van der Waals surface area contributed by atoms with Crippen LogP contribution in [0.4, 0.5) is 0 Å². The molecular weight excluding hydrogens is 244 g/mol.